The van der Waals surface area contributed by atoms with Crippen molar-refractivity contribution >= 4 is 38.9 Å². The van der Waals surface area contributed by atoms with Crippen LogP contribution in [-0.4, -0.2) is 4.57 Å². The van der Waals surface area contributed by atoms with E-state index in [0.29, 0.717) is 0 Å². The number of anilines is 3. The SMILES string of the molecule is c1ccc(-c2cccc(N(c3ccc(-c4ccc(C5CC6CCC5C6)cc4)cc3)c3ccc4c(c3)c3ccccc3n4-c3ccccc3)c2)cc1. The highest BCUT2D eigenvalue weighted by molar-refractivity contribution is 6.10. The molecule has 2 aliphatic rings. The zero-order valence-corrected chi connectivity index (χ0v) is 28.7. The molecule has 0 N–H and O–H groups in total. The molecule has 2 saturated carbocycles. The Hall–Kier alpha value is -5.86. The Morgan fingerprint density at radius 2 is 1.06 bits per heavy atom. The smallest absolute Gasteiger partial charge is 0.0542 e. The van der Waals surface area contributed by atoms with Crippen molar-refractivity contribution in [3.8, 4) is 27.9 Å². The van der Waals surface area contributed by atoms with E-state index in [1.54, 1.807) is 0 Å². The molecule has 1 aromatic heterocycles. The molecule has 2 aliphatic carbocycles. The standard InChI is InChI=1S/C49H40N2/c1-3-10-35(11-4-1)39-12-9-15-43(32-39)50(42-26-24-37(25-27-42)36-20-22-38(23-21-36)46-31-34-18-19-40(46)30-34)44-28-29-49-47(33-44)45-16-7-8-17-48(45)51(49)41-13-5-2-6-14-41/h1-17,20-29,32-34,40,46H,18-19,30-31H2. The molecule has 8 aromatic rings. The summed E-state index contributed by atoms with van der Waals surface area (Å²) in [5, 5.41) is 2.49. The fourth-order valence-electron chi connectivity index (χ4n) is 9.24. The van der Waals surface area contributed by atoms with Gasteiger partial charge >= 0.3 is 0 Å². The van der Waals surface area contributed by atoms with Crippen molar-refractivity contribution in [2.24, 2.45) is 11.8 Å². The predicted molar refractivity (Wildman–Crippen MR) is 215 cm³/mol. The molecule has 0 aliphatic heterocycles. The third-order valence-corrected chi connectivity index (χ3v) is 11.7. The second-order valence-corrected chi connectivity index (χ2v) is 14.6. The van der Waals surface area contributed by atoms with E-state index >= 15 is 0 Å². The van der Waals surface area contributed by atoms with Gasteiger partial charge < -0.3 is 9.47 Å². The monoisotopic (exact) mass is 656 g/mol. The number of hydrogen-bond acceptors (Lipinski definition) is 1. The lowest BCUT2D eigenvalue weighted by atomic mass is 9.83. The van der Waals surface area contributed by atoms with E-state index in [0.717, 1.165) is 34.8 Å². The summed E-state index contributed by atoms with van der Waals surface area (Å²) in [4.78, 5) is 2.41. The average Bonchev–Trinajstić information content (AvgIpc) is 3.93. The summed E-state index contributed by atoms with van der Waals surface area (Å²) >= 11 is 0. The molecule has 1 heterocycles. The topological polar surface area (TPSA) is 8.17 Å². The highest BCUT2D eigenvalue weighted by Crippen LogP contribution is 2.53. The first-order chi connectivity index (χ1) is 25.3. The van der Waals surface area contributed by atoms with Crippen LogP contribution in [0, 0.1) is 11.8 Å². The van der Waals surface area contributed by atoms with E-state index in [4.69, 9.17) is 0 Å². The quantitative estimate of drug-likeness (QED) is 0.166. The van der Waals surface area contributed by atoms with Crippen LogP contribution in [0.1, 0.15) is 37.2 Å². The van der Waals surface area contributed by atoms with Crippen molar-refractivity contribution in [1.29, 1.82) is 0 Å². The Morgan fingerprint density at radius 3 is 1.80 bits per heavy atom. The largest absolute Gasteiger partial charge is 0.310 e. The second kappa shape index (κ2) is 12.5. The summed E-state index contributed by atoms with van der Waals surface area (Å²) < 4.78 is 2.38. The number of fused-ring (bicyclic) bond motifs is 5. The van der Waals surface area contributed by atoms with Crippen LogP contribution in [0.5, 0.6) is 0 Å². The summed E-state index contributed by atoms with van der Waals surface area (Å²) in [6.45, 7) is 0. The van der Waals surface area contributed by atoms with Gasteiger partial charge in [0, 0.05) is 33.5 Å². The molecule has 3 atom stereocenters. The van der Waals surface area contributed by atoms with Crippen molar-refractivity contribution in [1.82, 2.24) is 4.57 Å². The van der Waals surface area contributed by atoms with E-state index in [1.165, 1.54) is 81.0 Å². The zero-order chi connectivity index (χ0) is 33.7. The number of para-hydroxylation sites is 2. The summed E-state index contributed by atoms with van der Waals surface area (Å²) in [5.41, 5.74) is 13.5. The maximum absolute atomic E-state index is 2.41. The molecule has 51 heavy (non-hydrogen) atoms. The van der Waals surface area contributed by atoms with Crippen molar-refractivity contribution in [2.75, 3.05) is 4.90 Å². The van der Waals surface area contributed by atoms with Crippen LogP contribution >= 0.6 is 0 Å². The number of nitrogens with zero attached hydrogens (tertiary/aromatic N) is 2. The first-order valence-electron chi connectivity index (χ1n) is 18.5. The van der Waals surface area contributed by atoms with Crippen molar-refractivity contribution in [3.63, 3.8) is 0 Å². The average molecular weight is 657 g/mol. The minimum atomic E-state index is 0.763. The Balaban J connectivity index is 1.07. The molecule has 0 saturated heterocycles. The highest BCUT2D eigenvalue weighted by Gasteiger charge is 2.40. The number of rotatable bonds is 7. The van der Waals surface area contributed by atoms with Gasteiger partial charge in [0.2, 0.25) is 0 Å². The molecule has 3 unspecified atom stereocenters. The Labute approximate surface area is 300 Å². The number of hydrogen-bond donors (Lipinski definition) is 0. The van der Waals surface area contributed by atoms with Gasteiger partial charge in [-0.15, -0.1) is 0 Å². The van der Waals surface area contributed by atoms with Gasteiger partial charge in [0.15, 0.2) is 0 Å². The van der Waals surface area contributed by atoms with Crippen LogP contribution in [0.4, 0.5) is 17.1 Å². The first kappa shape index (κ1) is 30.0. The fraction of sp³-hybridized carbons (Fsp3) is 0.143. The Kier molecular flexibility index (Phi) is 7.34. The lowest BCUT2D eigenvalue weighted by Gasteiger charge is -2.26. The first-order valence-corrected chi connectivity index (χ1v) is 18.5. The third-order valence-electron chi connectivity index (χ3n) is 11.7. The van der Waals surface area contributed by atoms with Crippen LogP contribution in [0.25, 0.3) is 49.7 Å². The van der Waals surface area contributed by atoms with Gasteiger partial charge in [-0.1, -0.05) is 122 Å². The molecule has 2 bridgehead atoms. The van der Waals surface area contributed by atoms with Crippen LogP contribution in [0.15, 0.2) is 176 Å². The van der Waals surface area contributed by atoms with Gasteiger partial charge in [0.1, 0.15) is 0 Å². The van der Waals surface area contributed by atoms with Crippen molar-refractivity contribution in [3.05, 3.63) is 181 Å². The van der Waals surface area contributed by atoms with Gasteiger partial charge in [-0.3, -0.25) is 0 Å². The van der Waals surface area contributed by atoms with E-state index < -0.39 is 0 Å². The van der Waals surface area contributed by atoms with Gasteiger partial charge in [0.05, 0.1) is 11.0 Å². The van der Waals surface area contributed by atoms with Crippen LogP contribution in [0.3, 0.4) is 0 Å². The van der Waals surface area contributed by atoms with Crippen LogP contribution in [0.2, 0.25) is 0 Å². The van der Waals surface area contributed by atoms with Crippen LogP contribution in [-0.2, 0) is 0 Å². The predicted octanol–water partition coefficient (Wildman–Crippen LogP) is 13.5. The van der Waals surface area contributed by atoms with Crippen molar-refractivity contribution < 1.29 is 0 Å². The van der Waals surface area contributed by atoms with E-state index in [9.17, 15) is 0 Å². The Bertz CT molecular complexity index is 2480. The Morgan fingerprint density at radius 1 is 0.431 bits per heavy atom. The maximum atomic E-state index is 2.41. The van der Waals surface area contributed by atoms with Gasteiger partial charge in [-0.2, -0.15) is 0 Å². The lowest BCUT2D eigenvalue weighted by Crippen LogP contribution is -2.10. The minimum absolute atomic E-state index is 0.763. The summed E-state index contributed by atoms with van der Waals surface area (Å²) in [7, 11) is 0. The molecule has 2 heteroatoms. The van der Waals surface area contributed by atoms with E-state index in [2.05, 4.69) is 185 Å². The number of aromatic nitrogens is 1. The molecular formula is C49H40N2. The maximum Gasteiger partial charge on any atom is 0.0542 e. The van der Waals surface area contributed by atoms with E-state index in [1.807, 2.05) is 0 Å². The fourth-order valence-corrected chi connectivity index (χ4v) is 9.24. The highest BCUT2D eigenvalue weighted by atomic mass is 15.1. The minimum Gasteiger partial charge on any atom is -0.310 e. The molecule has 2 fully saturated rings. The number of benzene rings is 7. The molecule has 0 radical (unpaired) electrons. The molecule has 0 amide bonds. The zero-order valence-electron chi connectivity index (χ0n) is 28.7. The lowest BCUT2D eigenvalue weighted by molar-refractivity contribution is 0.420. The van der Waals surface area contributed by atoms with Gasteiger partial charge in [0.25, 0.3) is 0 Å². The summed E-state index contributed by atoms with van der Waals surface area (Å²) in [6, 6.07) is 64.6. The molecule has 246 valence electrons. The summed E-state index contributed by atoms with van der Waals surface area (Å²) in [6.07, 6.45) is 5.70. The van der Waals surface area contributed by atoms with Gasteiger partial charge in [-0.05, 0) is 125 Å². The molecular weight excluding hydrogens is 617 g/mol. The summed E-state index contributed by atoms with van der Waals surface area (Å²) in [5.74, 6) is 2.63. The van der Waals surface area contributed by atoms with Gasteiger partial charge in [-0.25, -0.2) is 0 Å². The van der Waals surface area contributed by atoms with Crippen molar-refractivity contribution in [2.45, 2.75) is 31.6 Å². The molecule has 2 nitrogen and oxygen atoms in total. The normalized spacial score (nSPS) is 18.1. The molecule has 7 aromatic carbocycles. The van der Waals surface area contributed by atoms with E-state index in [-0.39, 0.29) is 0 Å². The molecule has 10 rings (SSSR count). The molecule has 0 spiro atoms. The second-order valence-electron chi connectivity index (χ2n) is 14.6. The third kappa shape index (κ3) is 5.34. The van der Waals surface area contributed by atoms with Crippen LogP contribution < -0.4 is 4.90 Å².